The molecule has 3 rings (SSSR count). The Bertz CT molecular complexity index is 785. The van der Waals surface area contributed by atoms with Gasteiger partial charge in [-0.2, -0.15) is 0 Å². The van der Waals surface area contributed by atoms with Crippen LogP contribution in [0.25, 0.3) is 22.2 Å². The fraction of sp³-hybridized carbons (Fsp3) is 0.222. The molecule has 0 amide bonds. The van der Waals surface area contributed by atoms with Gasteiger partial charge in [0.25, 0.3) is 0 Å². The number of phenolic OH excluding ortho intramolecular Hbond substituents is 2. The molecule has 0 aliphatic carbocycles. The first kappa shape index (κ1) is 13.6. The van der Waals surface area contributed by atoms with E-state index in [-0.39, 0.29) is 11.5 Å². The van der Waals surface area contributed by atoms with Crippen molar-refractivity contribution in [3.8, 4) is 22.8 Å². The molecule has 2 aromatic carbocycles. The maximum Gasteiger partial charge on any atom is 0.117 e. The first-order valence-corrected chi connectivity index (χ1v) is 7.23. The maximum absolute atomic E-state index is 9.78. The fourth-order valence-corrected chi connectivity index (χ4v) is 2.96. The molecule has 1 aromatic heterocycles. The van der Waals surface area contributed by atoms with Crippen LogP contribution in [0.15, 0.2) is 42.5 Å². The number of fused-ring (bicyclic) bond motifs is 1. The predicted octanol–water partition coefficient (Wildman–Crippen LogP) is 4.44. The second kappa shape index (κ2) is 5.17. The molecule has 0 bridgehead atoms. The van der Waals surface area contributed by atoms with Crippen LogP contribution < -0.4 is 0 Å². The highest BCUT2D eigenvalue weighted by molar-refractivity contribution is 5.92. The SMILES string of the molecule is CCCn1c(-c2ccc(O)cc2)c(C)c2ccc(O)cc21. The Morgan fingerprint density at radius 2 is 1.62 bits per heavy atom. The molecule has 0 fully saturated rings. The van der Waals surface area contributed by atoms with Crippen molar-refractivity contribution < 1.29 is 10.2 Å². The third-order valence-electron chi connectivity index (χ3n) is 3.89. The Labute approximate surface area is 124 Å². The lowest BCUT2D eigenvalue weighted by Crippen LogP contribution is -1.99. The normalized spacial score (nSPS) is 11.1. The Balaban J connectivity index is 2.32. The smallest absolute Gasteiger partial charge is 0.117 e. The summed E-state index contributed by atoms with van der Waals surface area (Å²) in [5.74, 6) is 0.557. The summed E-state index contributed by atoms with van der Waals surface area (Å²) in [7, 11) is 0. The summed E-state index contributed by atoms with van der Waals surface area (Å²) in [6.07, 6.45) is 1.02. The van der Waals surface area contributed by atoms with Crippen molar-refractivity contribution in [1.82, 2.24) is 4.57 Å². The van der Waals surface area contributed by atoms with Crippen LogP contribution in [0.2, 0.25) is 0 Å². The number of phenols is 2. The first-order valence-electron chi connectivity index (χ1n) is 7.23. The zero-order valence-electron chi connectivity index (χ0n) is 12.3. The lowest BCUT2D eigenvalue weighted by atomic mass is 10.1. The molecule has 0 aliphatic rings. The molecular weight excluding hydrogens is 262 g/mol. The van der Waals surface area contributed by atoms with E-state index >= 15 is 0 Å². The van der Waals surface area contributed by atoms with Crippen LogP contribution in [0.4, 0.5) is 0 Å². The lowest BCUT2D eigenvalue weighted by molar-refractivity contribution is 0.475. The molecule has 3 nitrogen and oxygen atoms in total. The van der Waals surface area contributed by atoms with Gasteiger partial charge >= 0.3 is 0 Å². The van der Waals surface area contributed by atoms with Crippen LogP contribution in [0.3, 0.4) is 0 Å². The molecule has 0 radical (unpaired) electrons. The monoisotopic (exact) mass is 281 g/mol. The molecule has 3 heteroatoms. The number of hydrogen-bond acceptors (Lipinski definition) is 2. The minimum atomic E-state index is 0.271. The van der Waals surface area contributed by atoms with Crippen molar-refractivity contribution in [3.05, 3.63) is 48.0 Å². The van der Waals surface area contributed by atoms with Gasteiger partial charge in [0.15, 0.2) is 0 Å². The van der Waals surface area contributed by atoms with Crippen LogP contribution in [-0.4, -0.2) is 14.8 Å². The van der Waals surface area contributed by atoms with Crippen molar-refractivity contribution >= 4 is 10.9 Å². The van der Waals surface area contributed by atoms with E-state index in [4.69, 9.17) is 0 Å². The number of hydrogen-bond donors (Lipinski definition) is 2. The van der Waals surface area contributed by atoms with Crippen LogP contribution in [0, 0.1) is 6.92 Å². The number of rotatable bonds is 3. The van der Waals surface area contributed by atoms with E-state index in [1.165, 1.54) is 5.56 Å². The quantitative estimate of drug-likeness (QED) is 0.745. The third-order valence-corrected chi connectivity index (χ3v) is 3.89. The maximum atomic E-state index is 9.78. The number of aromatic hydroxyl groups is 2. The van der Waals surface area contributed by atoms with E-state index in [9.17, 15) is 10.2 Å². The van der Waals surface area contributed by atoms with Gasteiger partial charge in [-0.3, -0.25) is 0 Å². The molecule has 0 saturated heterocycles. The van der Waals surface area contributed by atoms with Crippen LogP contribution in [0.1, 0.15) is 18.9 Å². The molecule has 1 heterocycles. The zero-order chi connectivity index (χ0) is 15.0. The molecule has 108 valence electrons. The highest BCUT2D eigenvalue weighted by Crippen LogP contribution is 2.35. The molecule has 21 heavy (non-hydrogen) atoms. The van der Waals surface area contributed by atoms with Crippen molar-refractivity contribution in [2.75, 3.05) is 0 Å². The molecule has 0 spiro atoms. The molecular formula is C18H19NO2. The van der Waals surface area contributed by atoms with E-state index in [2.05, 4.69) is 18.4 Å². The second-order valence-electron chi connectivity index (χ2n) is 5.37. The Hall–Kier alpha value is -2.42. The Morgan fingerprint density at radius 3 is 2.29 bits per heavy atom. The standard InChI is InChI=1S/C18H19NO2/c1-3-10-19-17-11-15(21)8-9-16(17)12(2)18(19)13-4-6-14(20)7-5-13/h4-9,11,20-21H,3,10H2,1-2H3. The molecule has 3 aromatic rings. The molecule has 0 unspecified atom stereocenters. The van der Waals surface area contributed by atoms with Crippen molar-refractivity contribution in [2.45, 2.75) is 26.8 Å². The van der Waals surface area contributed by atoms with Gasteiger partial charge in [0.05, 0.1) is 11.2 Å². The highest BCUT2D eigenvalue weighted by Gasteiger charge is 2.15. The fourth-order valence-electron chi connectivity index (χ4n) is 2.96. The predicted molar refractivity (Wildman–Crippen MR) is 85.7 cm³/mol. The van der Waals surface area contributed by atoms with Crippen molar-refractivity contribution in [1.29, 1.82) is 0 Å². The average molecular weight is 281 g/mol. The summed E-state index contributed by atoms with van der Waals surface area (Å²) in [4.78, 5) is 0. The first-order chi connectivity index (χ1) is 10.1. The number of benzene rings is 2. The Kier molecular flexibility index (Phi) is 3.34. The van der Waals surface area contributed by atoms with Crippen LogP contribution in [0.5, 0.6) is 11.5 Å². The van der Waals surface area contributed by atoms with E-state index < -0.39 is 0 Å². The number of nitrogens with zero attached hydrogens (tertiary/aromatic N) is 1. The van der Waals surface area contributed by atoms with Gasteiger partial charge in [0.2, 0.25) is 0 Å². The Morgan fingerprint density at radius 1 is 0.952 bits per heavy atom. The molecule has 0 aliphatic heterocycles. The van der Waals surface area contributed by atoms with E-state index in [0.717, 1.165) is 35.1 Å². The topological polar surface area (TPSA) is 45.4 Å². The summed E-state index contributed by atoms with van der Waals surface area (Å²) < 4.78 is 2.25. The van der Waals surface area contributed by atoms with E-state index in [0.29, 0.717) is 0 Å². The van der Waals surface area contributed by atoms with Gasteiger partial charge in [-0.05, 0) is 60.9 Å². The summed E-state index contributed by atoms with van der Waals surface area (Å²) in [6, 6.07) is 12.8. The summed E-state index contributed by atoms with van der Waals surface area (Å²) in [5.41, 5.74) is 4.48. The second-order valence-corrected chi connectivity index (χ2v) is 5.37. The average Bonchev–Trinajstić information content (AvgIpc) is 2.73. The largest absolute Gasteiger partial charge is 0.508 e. The van der Waals surface area contributed by atoms with E-state index in [1.807, 2.05) is 24.3 Å². The van der Waals surface area contributed by atoms with Gasteiger partial charge in [0.1, 0.15) is 11.5 Å². The highest BCUT2D eigenvalue weighted by atomic mass is 16.3. The molecule has 2 N–H and O–H groups in total. The van der Waals surface area contributed by atoms with Crippen molar-refractivity contribution in [3.63, 3.8) is 0 Å². The van der Waals surface area contributed by atoms with Gasteiger partial charge < -0.3 is 14.8 Å². The minimum Gasteiger partial charge on any atom is -0.508 e. The van der Waals surface area contributed by atoms with Crippen LogP contribution >= 0.6 is 0 Å². The number of aryl methyl sites for hydroxylation is 2. The van der Waals surface area contributed by atoms with Gasteiger partial charge in [-0.1, -0.05) is 6.92 Å². The van der Waals surface area contributed by atoms with Gasteiger partial charge in [-0.15, -0.1) is 0 Å². The lowest BCUT2D eigenvalue weighted by Gasteiger charge is -2.11. The summed E-state index contributed by atoms with van der Waals surface area (Å²) in [6.45, 7) is 5.14. The summed E-state index contributed by atoms with van der Waals surface area (Å²) in [5, 5.41) is 20.4. The van der Waals surface area contributed by atoms with Gasteiger partial charge in [0, 0.05) is 18.0 Å². The van der Waals surface area contributed by atoms with Crippen molar-refractivity contribution in [2.24, 2.45) is 0 Å². The zero-order valence-corrected chi connectivity index (χ0v) is 12.3. The summed E-state index contributed by atoms with van der Waals surface area (Å²) >= 11 is 0. The molecule has 0 atom stereocenters. The van der Waals surface area contributed by atoms with Crippen LogP contribution in [-0.2, 0) is 6.54 Å². The van der Waals surface area contributed by atoms with E-state index in [1.54, 1.807) is 18.2 Å². The minimum absolute atomic E-state index is 0.271. The molecule has 0 saturated carbocycles. The number of aromatic nitrogens is 1. The third kappa shape index (κ3) is 2.25. The van der Waals surface area contributed by atoms with Gasteiger partial charge in [-0.25, -0.2) is 0 Å².